The van der Waals surface area contributed by atoms with E-state index in [2.05, 4.69) is 16.2 Å². The number of benzene rings is 2. The lowest BCUT2D eigenvalue weighted by Gasteiger charge is -2.14. The standard InChI is InChI=1S/C17H15ClN4O5/c1-10(19-16(24)12-5-3-7-14(9-12)22(26)27)15(23)20-21-17(25)11-4-2-6-13(18)8-11/h2-10H,1H3,(H,19,24)(H,20,23)(H,21,25)/t10-/m0/s1. The summed E-state index contributed by atoms with van der Waals surface area (Å²) in [6, 6.07) is 10.2. The van der Waals surface area contributed by atoms with E-state index in [1.54, 1.807) is 12.1 Å². The maximum Gasteiger partial charge on any atom is 0.270 e. The number of non-ortho nitro benzene ring substituents is 1. The zero-order chi connectivity index (χ0) is 20.0. The Kier molecular flexibility index (Phi) is 6.45. The van der Waals surface area contributed by atoms with Gasteiger partial charge in [0.2, 0.25) is 0 Å². The highest BCUT2D eigenvalue weighted by molar-refractivity contribution is 6.30. The van der Waals surface area contributed by atoms with Gasteiger partial charge in [0.25, 0.3) is 23.4 Å². The second-order valence-electron chi connectivity index (χ2n) is 5.46. The predicted molar refractivity (Wildman–Crippen MR) is 97.1 cm³/mol. The Labute approximate surface area is 158 Å². The van der Waals surface area contributed by atoms with E-state index in [-0.39, 0.29) is 16.8 Å². The summed E-state index contributed by atoms with van der Waals surface area (Å²) in [6.45, 7) is 1.40. The minimum absolute atomic E-state index is 0.0341. The Balaban J connectivity index is 1.91. The molecule has 0 aromatic heterocycles. The van der Waals surface area contributed by atoms with Crippen molar-refractivity contribution in [2.75, 3.05) is 0 Å². The first-order valence-electron chi connectivity index (χ1n) is 7.69. The molecule has 2 aromatic carbocycles. The molecular weight excluding hydrogens is 376 g/mol. The molecule has 0 spiro atoms. The van der Waals surface area contributed by atoms with Gasteiger partial charge in [0.15, 0.2) is 0 Å². The van der Waals surface area contributed by atoms with Gasteiger partial charge in [-0.1, -0.05) is 23.7 Å². The van der Waals surface area contributed by atoms with Crippen molar-refractivity contribution in [3.8, 4) is 0 Å². The molecule has 0 aliphatic carbocycles. The molecule has 27 heavy (non-hydrogen) atoms. The van der Waals surface area contributed by atoms with Crippen molar-refractivity contribution >= 4 is 35.0 Å². The van der Waals surface area contributed by atoms with Gasteiger partial charge in [-0.15, -0.1) is 0 Å². The monoisotopic (exact) mass is 390 g/mol. The van der Waals surface area contributed by atoms with Crippen LogP contribution < -0.4 is 16.2 Å². The minimum Gasteiger partial charge on any atom is -0.340 e. The van der Waals surface area contributed by atoms with Crippen molar-refractivity contribution in [3.05, 3.63) is 74.8 Å². The van der Waals surface area contributed by atoms with Gasteiger partial charge in [-0.3, -0.25) is 35.3 Å². The van der Waals surface area contributed by atoms with Gasteiger partial charge in [-0.05, 0) is 31.2 Å². The summed E-state index contributed by atoms with van der Waals surface area (Å²) in [7, 11) is 0. The van der Waals surface area contributed by atoms with E-state index in [1.807, 2.05) is 0 Å². The quantitative estimate of drug-likeness (QED) is 0.529. The van der Waals surface area contributed by atoms with Gasteiger partial charge >= 0.3 is 0 Å². The minimum atomic E-state index is -1.00. The second kappa shape index (κ2) is 8.77. The van der Waals surface area contributed by atoms with Gasteiger partial charge < -0.3 is 5.32 Å². The van der Waals surface area contributed by atoms with Crippen LogP contribution in [0.1, 0.15) is 27.6 Å². The number of hydrogen-bond acceptors (Lipinski definition) is 5. The van der Waals surface area contributed by atoms with Gasteiger partial charge in [-0.2, -0.15) is 0 Å². The molecule has 0 aliphatic rings. The Bertz CT molecular complexity index is 902. The predicted octanol–water partition coefficient (Wildman–Crippen LogP) is 1.83. The van der Waals surface area contributed by atoms with Crippen LogP contribution in [0.2, 0.25) is 5.02 Å². The summed E-state index contributed by atoms with van der Waals surface area (Å²) in [6.07, 6.45) is 0. The highest BCUT2D eigenvalue weighted by Crippen LogP contribution is 2.13. The maximum absolute atomic E-state index is 12.1. The number of hydrazine groups is 1. The van der Waals surface area contributed by atoms with E-state index < -0.39 is 28.7 Å². The van der Waals surface area contributed by atoms with Crippen LogP contribution >= 0.6 is 11.6 Å². The second-order valence-corrected chi connectivity index (χ2v) is 5.89. The third-order valence-corrected chi connectivity index (χ3v) is 3.68. The van der Waals surface area contributed by atoms with Gasteiger partial charge in [0, 0.05) is 28.3 Å². The molecule has 2 aromatic rings. The van der Waals surface area contributed by atoms with Crippen LogP contribution in [0, 0.1) is 10.1 Å². The third-order valence-electron chi connectivity index (χ3n) is 3.45. The van der Waals surface area contributed by atoms with Crippen molar-refractivity contribution in [1.82, 2.24) is 16.2 Å². The topological polar surface area (TPSA) is 130 Å². The van der Waals surface area contributed by atoms with Crippen molar-refractivity contribution < 1.29 is 19.3 Å². The molecule has 0 aliphatic heterocycles. The number of amides is 3. The first-order chi connectivity index (χ1) is 12.8. The van der Waals surface area contributed by atoms with Gasteiger partial charge in [0.1, 0.15) is 6.04 Å². The lowest BCUT2D eigenvalue weighted by Crippen LogP contribution is -2.51. The molecule has 10 heteroatoms. The number of nitrogens with zero attached hydrogens (tertiary/aromatic N) is 1. The lowest BCUT2D eigenvalue weighted by atomic mass is 10.1. The molecule has 140 valence electrons. The van der Waals surface area contributed by atoms with E-state index in [0.29, 0.717) is 5.02 Å². The molecule has 3 N–H and O–H groups in total. The third kappa shape index (κ3) is 5.51. The van der Waals surface area contributed by atoms with E-state index >= 15 is 0 Å². The first kappa shape index (κ1) is 19.9. The molecule has 0 heterocycles. The largest absolute Gasteiger partial charge is 0.340 e. The number of hydrogen-bond donors (Lipinski definition) is 3. The molecule has 0 bridgehead atoms. The highest BCUT2D eigenvalue weighted by atomic mass is 35.5. The Morgan fingerprint density at radius 2 is 1.63 bits per heavy atom. The number of carbonyl (C=O) groups is 3. The molecule has 3 amide bonds. The molecule has 1 atom stereocenters. The number of nitrogens with one attached hydrogen (secondary N) is 3. The maximum atomic E-state index is 12.1. The summed E-state index contributed by atoms with van der Waals surface area (Å²) in [5.74, 6) is -1.92. The number of carbonyl (C=O) groups excluding carboxylic acids is 3. The van der Waals surface area contributed by atoms with Crippen LogP contribution in [0.25, 0.3) is 0 Å². The SMILES string of the molecule is C[C@H](NC(=O)c1cccc([N+](=O)[O-])c1)C(=O)NNC(=O)c1cccc(Cl)c1. The van der Waals surface area contributed by atoms with Crippen LogP contribution in [0.15, 0.2) is 48.5 Å². The number of nitro benzene ring substituents is 1. The lowest BCUT2D eigenvalue weighted by molar-refractivity contribution is -0.384. The molecule has 9 nitrogen and oxygen atoms in total. The van der Waals surface area contributed by atoms with Gasteiger partial charge in [-0.25, -0.2) is 0 Å². The average Bonchev–Trinajstić information content (AvgIpc) is 2.65. The fraction of sp³-hybridized carbons (Fsp3) is 0.118. The molecule has 0 fully saturated rings. The van der Waals surface area contributed by atoms with Crippen molar-refractivity contribution in [2.45, 2.75) is 13.0 Å². The van der Waals surface area contributed by atoms with E-state index in [0.717, 1.165) is 6.07 Å². The number of halogens is 1. The Morgan fingerprint density at radius 3 is 2.26 bits per heavy atom. The van der Waals surface area contributed by atoms with Crippen LogP contribution in [0.3, 0.4) is 0 Å². The summed E-state index contributed by atoms with van der Waals surface area (Å²) in [4.78, 5) is 46.2. The van der Waals surface area contributed by atoms with Gasteiger partial charge in [0.05, 0.1) is 4.92 Å². The Hall–Kier alpha value is -3.46. The van der Waals surface area contributed by atoms with E-state index in [4.69, 9.17) is 11.6 Å². The van der Waals surface area contributed by atoms with Crippen LogP contribution in [0.5, 0.6) is 0 Å². The zero-order valence-corrected chi connectivity index (χ0v) is 14.8. The number of rotatable bonds is 5. The summed E-state index contributed by atoms with van der Waals surface area (Å²) < 4.78 is 0. The van der Waals surface area contributed by atoms with E-state index in [9.17, 15) is 24.5 Å². The van der Waals surface area contributed by atoms with Crippen molar-refractivity contribution in [2.24, 2.45) is 0 Å². The summed E-state index contributed by atoms with van der Waals surface area (Å²) in [5, 5.41) is 13.5. The molecular formula is C17H15ClN4O5. The smallest absolute Gasteiger partial charge is 0.270 e. The summed E-state index contributed by atoms with van der Waals surface area (Å²) in [5.41, 5.74) is 4.43. The van der Waals surface area contributed by atoms with Crippen LogP contribution in [-0.4, -0.2) is 28.7 Å². The van der Waals surface area contributed by atoms with Crippen LogP contribution in [-0.2, 0) is 4.79 Å². The number of nitro groups is 1. The zero-order valence-electron chi connectivity index (χ0n) is 14.1. The fourth-order valence-electron chi connectivity index (χ4n) is 2.03. The van der Waals surface area contributed by atoms with Crippen molar-refractivity contribution in [3.63, 3.8) is 0 Å². The molecule has 2 rings (SSSR count). The van der Waals surface area contributed by atoms with Crippen LogP contribution in [0.4, 0.5) is 5.69 Å². The first-order valence-corrected chi connectivity index (χ1v) is 8.07. The fourth-order valence-corrected chi connectivity index (χ4v) is 2.23. The highest BCUT2D eigenvalue weighted by Gasteiger charge is 2.19. The van der Waals surface area contributed by atoms with E-state index in [1.165, 1.54) is 37.3 Å². The molecule has 0 unspecified atom stereocenters. The summed E-state index contributed by atoms with van der Waals surface area (Å²) >= 11 is 5.79. The average molecular weight is 391 g/mol. The molecule has 0 saturated heterocycles. The molecule has 0 saturated carbocycles. The molecule has 0 radical (unpaired) electrons. The van der Waals surface area contributed by atoms with Crippen molar-refractivity contribution in [1.29, 1.82) is 0 Å². The normalized spacial score (nSPS) is 11.2. The Morgan fingerprint density at radius 1 is 1.00 bits per heavy atom.